The molecule has 1 atom stereocenters. The molecular weight excluding hydrogens is 166 g/mol. The van der Waals surface area contributed by atoms with Crippen molar-refractivity contribution in [2.24, 2.45) is 5.41 Å². The van der Waals surface area contributed by atoms with Gasteiger partial charge in [-0.05, 0) is 24.7 Å². The first-order valence-electron chi connectivity index (χ1n) is 4.74. The predicted octanol–water partition coefficient (Wildman–Crippen LogP) is 1.97. The molecule has 0 aliphatic carbocycles. The molecule has 1 rings (SSSR count). The predicted molar refractivity (Wildman–Crippen MR) is 50.3 cm³/mol. The normalized spacial score (nSPS) is 29.1. The van der Waals surface area contributed by atoms with Crippen molar-refractivity contribution in [2.45, 2.75) is 32.6 Å². The van der Waals surface area contributed by atoms with Crippen LogP contribution in [0.3, 0.4) is 0 Å². The zero-order valence-corrected chi connectivity index (χ0v) is 8.12. The first-order valence-corrected chi connectivity index (χ1v) is 4.74. The molecule has 1 heterocycles. The topological polar surface area (TPSA) is 40.5 Å². The van der Waals surface area contributed by atoms with Crippen LogP contribution in [0.15, 0.2) is 12.7 Å². The molecule has 1 amide bonds. The van der Waals surface area contributed by atoms with Gasteiger partial charge in [0.2, 0.25) is 5.91 Å². The lowest BCUT2D eigenvalue weighted by Gasteiger charge is -2.38. The number of piperidine rings is 1. The van der Waals surface area contributed by atoms with Crippen LogP contribution in [0.5, 0.6) is 0 Å². The largest absolute Gasteiger partial charge is 0.286 e. The molecule has 0 aromatic rings. The molecule has 74 valence electrons. The SMILES string of the molecule is C=CC[C@]1(CC)CCC(=O)N(O)C1. The lowest BCUT2D eigenvalue weighted by molar-refractivity contribution is -0.181. The second-order valence-electron chi connectivity index (χ2n) is 3.80. The summed E-state index contributed by atoms with van der Waals surface area (Å²) in [5.74, 6) is -0.159. The third-order valence-electron chi connectivity index (χ3n) is 2.97. The number of allylic oxidation sites excluding steroid dienone is 1. The molecule has 3 nitrogen and oxygen atoms in total. The second-order valence-corrected chi connectivity index (χ2v) is 3.80. The van der Waals surface area contributed by atoms with Gasteiger partial charge in [0.1, 0.15) is 0 Å². The first kappa shape index (κ1) is 10.3. The second kappa shape index (κ2) is 3.92. The van der Waals surface area contributed by atoms with Crippen molar-refractivity contribution in [3.05, 3.63) is 12.7 Å². The highest BCUT2D eigenvalue weighted by Crippen LogP contribution is 2.36. The van der Waals surface area contributed by atoms with Crippen LogP contribution in [-0.2, 0) is 4.79 Å². The Bertz CT molecular complexity index is 215. The average Bonchev–Trinajstić information content (AvgIpc) is 2.12. The molecule has 0 aromatic carbocycles. The van der Waals surface area contributed by atoms with E-state index >= 15 is 0 Å². The van der Waals surface area contributed by atoms with Crippen LogP contribution in [0.1, 0.15) is 32.6 Å². The molecule has 0 saturated carbocycles. The molecule has 1 fully saturated rings. The van der Waals surface area contributed by atoms with E-state index in [1.165, 1.54) is 0 Å². The highest BCUT2D eigenvalue weighted by Gasteiger charge is 2.35. The number of carbonyl (C=O) groups is 1. The summed E-state index contributed by atoms with van der Waals surface area (Å²) in [6.45, 7) is 6.25. The lowest BCUT2D eigenvalue weighted by atomic mass is 9.75. The molecule has 1 aliphatic heterocycles. The van der Waals surface area contributed by atoms with Crippen LogP contribution in [0.2, 0.25) is 0 Å². The Morgan fingerprint density at radius 2 is 2.46 bits per heavy atom. The number of rotatable bonds is 3. The van der Waals surface area contributed by atoms with E-state index in [1.807, 2.05) is 6.08 Å². The smallest absolute Gasteiger partial charge is 0.245 e. The Labute approximate surface area is 79.0 Å². The van der Waals surface area contributed by atoms with Gasteiger partial charge in [-0.2, -0.15) is 0 Å². The van der Waals surface area contributed by atoms with E-state index in [1.54, 1.807) is 0 Å². The van der Waals surface area contributed by atoms with Crippen LogP contribution >= 0.6 is 0 Å². The fourth-order valence-corrected chi connectivity index (χ4v) is 1.89. The van der Waals surface area contributed by atoms with Gasteiger partial charge < -0.3 is 0 Å². The minimum absolute atomic E-state index is 0.0599. The summed E-state index contributed by atoms with van der Waals surface area (Å²) >= 11 is 0. The van der Waals surface area contributed by atoms with E-state index in [9.17, 15) is 10.0 Å². The van der Waals surface area contributed by atoms with Gasteiger partial charge in [0.05, 0.1) is 6.54 Å². The highest BCUT2D eigenvalue weighted by atomic mass is 16.5. The zero-order valence-electron chi connectivity index (χ0n) is 8.12. The lowest BCUT2D eigenvalue weighted by Crippen LogP contribution is -2.44. The van der Waals surface area contributed by atoms with Gasteiger partial charge in [-0.1, -0.05) is 13.0 Å². The maximum Gasteiger partial charge on any atom is 0.245 e. The molecule has 1 aliphatic rings. The average molecular weight is 183 g/mol. The number of carbonyl (C=O) groups excluding carboxylic acids is 1. The summed E-state index contributed by atoms with van der Waals surface area (Å²) in [6, 6.07) is 0. The molecule has 0 bridgehead atoms. The molecule has 0 radical (unpaired) electrons. The Kier molecular flexibility index (Phi) is 3.09. The monoisotopic (exact) mass is 183 g/mol. The van der Waals surface area contributed by atoms with Crippen molar-refractivity contribution < 1.29 is 10.0 Å². The summed E-state index contributed by atoms with van der Waals surface area (Å²) in [7, 11) is 0. The maximum atomic E-state index is 11.1. The number of nitrogens with zero attached hydrogens (tertiary/aromatic N) is 1. The molecule has 13 heavy (non-hydrogen) atoms. The third kappa shape index (κ3) is 2.10. The fourth-order valence-electron chi connectivity index (χ4n) is 1.89. The van der Waals surface area contributed by atoms with Gasteiger partial charge >= 0.3 is 0 Å². The summed E-state index contributed by atoms with van der Waals surface area (Å²) < 4.78 is 0. The minimum atomic E-state index is -0.159. The Balaban J connectivity index is 2.67. The third-order valence-corrected chi connectivity index (χ3v) is 2.97. The molecular formula is C10H17NO2. The Morgan fingerprint density at radius 1 is 1.77 bits per heavy atom. The van der Waals surface area contributed by atoms with E-state index in [0.29, 0.717) is 13.0 Å². The number of amides is 1. The van der Waals surface area contributed by atoms with E-state index in [-0.39, 0.29) is 11.3 Å². The summed E-state index contributed by atoms with van der Waals surface area (Å²) in [6.07, 6.45) is 5.04. The van der Waals surface area contributed by atoms with Crippen molar-refractivity contribution >= 4 is 5.91 Å². The fraction of sp³-hybridized carbons (Fsp3) is 0.700. The number of hydrogen-bond acceptors (Lipinski definition) is 2. The van der Waals surface area contributed by atoms with Crippen LogP contribution in [0.4, 0.5) is 0 Å². The molecule has 0 spiro atoms. The molecule has 0 aromatic heterocycles. The minimum Gasteiger partial charge on any atom is -0.286 e. The van der Waals surface area contributed by atoms with E-state index in [0.717, 1.165) is 24.3 Å². The van der Waals surface area contributed by atoms with Gasteiger partial charge in [-0.25, -0.2) is 5.06 Å². The standard InChI is InChI=1S/C10H17NO2/c1-3-6-10(4-2)7-5-9(12)11(13)8-10/h3,13H,1,4-8H2,2H3/t10-/m1/s1. The van der Waals surface area contributed by atoms with Crippen molar-refractivity contribution in [1.82, 2.24) is 5.06 Å². The summed E-state index contributed by atoms with van der Waals surface area (Å²) in [5, 5.41) is 10.2. The summed E-state index contributed by atoms with van der Waals surface area (Å²) in [4.78, 5) is 11.1. The van der Waals surface area contributed by atoms with Gasteiger partial charge in [0.25, 0.3) is 0 Å². The van der Waals surface area contributed by atoms with Crippen LogP contribution in [0, 0.1) is 5.41 Å². The van der Waals surface area contributed by atoms with E-state index in [2.05, 4.69) is 13.5 Å². The van der Waals surface area contributed by atoms with Gasteiger partial charge in [0.15, 0.2) is 0 Å². The van der Waals surface area contributed by atoms with Gasteiger partial charge in [-0.3, -0.25) is 10.0 Å². The number of hydrogen-bond donors (Lipinski definition) is 1. The number of hydroxylamine groups is 2. The highest BCUT2D eigenvalue weighted by molar-refractivity contribution is 5.75. The Hall–Kier alpha value is -0.830. The van der Waals surface area contributed by atoms with Gasteiger partial charge in [-0.15, -0.1) is 6.58 Å². The van der Waals surface area contributed by atoms with Crippen LogP contribution < -0.4 is 0 Å². The maximum absolute atomic E-state index is 11.1. The van der Waals surface area contributed by atoms with E-state index in [4.69, 9.17) is 0 Å². The van der Waals surface area contributed by atoms with Crippen LogP contribution in [0.25, 0.3) is 0 Å². The van der Waals surface area contributed by atoms with E-state index < -0.39 is 0 Å². The zero-order chi connectivity index (χ0) is 9.90. The quantitative estimate of drug-likeness (QED) is 0.537. The summed E-state index contributed by atoms with van der Waals surface area (Å²) in [5.41, 5.74) is 0.0599. The first-order chi connectivity index (χ1) is 6.13. The van der Waals surface area contributed by atoms with Crippen molar-refractivity contribution in [3.8, 4) is 0 Å². The van der Waals surface area contributed by atoms with Crippen molar-refractivity contribution in [2.75, 3.05) is 6.54 Å². The van der Waals surface area contributed by atoms with Crippen LogP contribution in [-0.4, -0.2) is 22.7 Å². The molecule has 1 N–H and O–H groups in total. The molecule has 3 heteroatoms. The van der Waals surface area contributed by atoms with Crippen molar-refractivity contribution in [3.63, 3.8) is 0 Å². The van der Waals surface area contributed by atoms with Crippen molar-refractivity contribution in [1.29, 1.82) is 0 Å². The van der Waals surface area contributed by atoms with Gasteiger partial charge in [0, 0.05) is 6.42 Å². The molecule has 1 saturated heterocycles. The Morgan fingerprint density at radius 3 is 2.92 bits per heavy atom. The molecule has 0 unspecified atom stereocenters.